The van der Waals surface area contributed by atoms with E-state index in [0.29, 0.717) is 18.0 Å². The van der Waals surface area contributed by atoms with Crippen LogP contribution in [-0.2, 0) is 0 Å². The number of anilines is 1. The molecule has 126 valence electrons. The molecule has 0 bridgehead atoms. The van der Waals surface area contributed by atoms with E-state index in [1.54, 1.807) is 17.0 Å². The number of carbonyl (C=O) groups excluding carboxylic acids is 2. The van der Waals surface area contributed by atoms with Gasteiger partial charge in [-0.1, -0.05) is 18.2 Å². The van der Waals surface area contributed by atoms with Gasteiger partial charge in [0, 0.05) is 31.9 Å². The number of amides is 3. The van der Waals surface area contributed by atoms with Gasteiger partial charge in [-0.05, 0) is 40.2 Å². The van der Waals surface area contributed by atoms with Gasteiger partial charge in [-0.15, -0.1) is 11.3 Å². The number of hydrazine groups is 1. The monoisotopic (exact) mass is 408 g/mol. The number of nitrogens with zero attached hydrogens (tertiary/aromatic N) is 2. The van der Waals surface area contributed by atoms with E-state index in [2.05, 4.69) is 43.8 Å². The number of para-hydroxylation sites is 1. The highest BCUT2D eigenvalue weighted by Gasteiger charge is 2.21. The topological polar surface area (TPSA) is 64.7 Å². The van der Waals surface area contributed by atoms with Crippen molar-refractivity contribution < 1.29 is 9.59 Å². The smallest absolute Gasteiger partial charge is 0.336 e. The zero-order valence-electron chi connectivity index (χ0n) is 12.9. The first kappa shape index (κ1) is 16.8. The van der Waals surface area contributed by atoms with Crippen LogP contribution in [0.25, 0.3) is 0 Å². The number of rotatable bonds is 2. The second-order valence-corrected chi connectivity index (χ2v) is 7.76. The van der Waals surface area contributed by atoms with Crippen molar-refractivity contribution in [3.8, 4) is 0 Å². The van der Waals surface area contributed by atoms with Crippen LogP contribution >= 0.6 is 27.3 Å². The lowest BCUT2D eigenvalue weighted by atomic mass is 10.2. The quantitative estimate of drug-likeness (QED) is 0.750. The van der Waals surface area contributed by atoms with E-state index in [1.165, 1.54) is 11.3 Å². The summed E-state index contributed by atoms with van der Waals surface area (Å²) in [6.07, 6.45) is 0. The Labute approximate surface area is 152 Å². The van der Waals surface area contributed by atoms with Crippen molar-refractivity contribution in [1.29, 1.82) is 0 Å². The van der Waals surface area contributed by atoms with Crippen LogP contribution in [0.2, 0.25) is 0 Å². The molecule has 0 saturated carbocycles. The molecule has 2 heterocycles. The minimum absolute atomic E-state index is 0.285. The van der Waals surface area contributed by atoms with Crippen LogP contribution in [0.5, 0.6) is 0 Å². The van der Waals surface area contributed by atoms with Crippen molar-refractivity contribution in [3.63, 3.8) is 0 Å². The fourth-order valence-electron chi connectivity index (χ4n) is 2.49. The van der Waals surface area contributed by atoms with Gasteiger partial charge in [0.25, 0.3) is 5.91 Å². The zero-order valence-corrected chi connectivity index (χ0v) is 15.3. The SMILES string of the molecule is O=C(NNC(=O)N1CCN(c2ccccc2)CC1)c1ccc(Br)s1. The molecular weight excluding hydrogens is 392 g/mol. The molecule has 1 aliphatic rings. The molecule has 1 saturated heterocycles. The van der Waals surface area contributed by atoms with Gasteiger partial charge >= 0.3 is 6.03 Å². The maximum atomic E-state index is 12.2. The molecule has 1 fully saturated rings. The van der Waals surface area contributed by atoms with E-state index in [1.807, 2.05) is 18.2 Å². The first-order valence-electron chi connectivity index (χ1n) is 7.54. The van der Waals surface area contributed by atoms with Gasteiger partial charge in [0.1, 0.15) is 0 Å². The number of halogens is 1. The molecule has 8 heteroatoms. The lowest BCUT2D eigenvalue weighted by molar-refractivity contribution is 0.0933. The van der Waals surface area contributed by atoms with E-state index in [4.69, 9.17) is 0 Å². The van der Waals surface area contributed by atoms with Crippen molar-refractivity contribution in [3.05, 3.63) is 51.1 Å². The average Bonchev–Trinajstić information content (AvgIpc) is 3.07. The van der Waals surface area contributed by atoms with Gasteiger partial charge in [-0.2, -0.15) is 0 Å². The first-order valence-corrected chi connectivity index (χ1v) is 9.15. The second-order valence-electron chi connectivity index (χ2n) is 5.30. The molecule has 0 spiro atoms. The Bertz CT molecular complexity index is 714. The third-order valence-electron chi connectivity index (χ3n) is 3.77. The lowest BCUT2D eigenvalue weighted by Crippen LogP contribution is -2.55. The molecule has 0 unspecified atom stereocenters. The van der Waals surface area contributed by atoms with E-state index in [-0.39, 0.29) is 11.9 Å². The molecule has 1 aromatic heterocycles. The van der Waals surface area contributed by atoms with Crippen molar-refractivity contribution in [2.75, 3.05) is 31.1 Å². The Morgan fingerprint density at radius 3 is 2.29 bits per heavy atom. The molecule has 1 aliphatic heterocycles. The van der Waals surface area contributed by atoms with Crippen LogP contribution < -0.4 is 15.8 Å². The van der Waals surface area contributed by atoms with Crippen LogP contribution in [0, 0.1) is 0 Å². The Morgan fingerprint density at radius 1 is 0.958 bits per heavy atom. The van der Waals surface area contributed by atoms with Crippen molar-refractivity contribution in [1.82, 2.24) is 15.8 Å². The molecular formula is C16H17BrN4O2S. The number of piperazine rings is 1. The summed E-state index contributed by atoms with van der Waals surface area (Å²) < 4.78 is 0.871. The van der Waals surface area contributed by atoms with E-state index in [9.17, 15) is 9.59 Å². The lowest BCUT2D eigenvalue weighted by Gasteiger charge is -2.35. The summed E-state index contributed by atoms with van der Waals surface area (Å²) in [6.45, 7) is 2.76. The molecule has 0 radical (unpaired) electrons. The zero-order chi connectivity index (χ0) is 16.9. The van der Waals surface area contributed by atoms with E-state index in [0.717, 1.165) is 22.6 Å². The summed E-state index contributed by atoms with van der Waals surface area (Å²) in [4.78, 5) is 28.6. The Hall–Kier alpha value is -2.06. The van der Waals surface area contributed by atoms with Crippen molar-refractivity contribution in [2.24, 2.45) is 0 Å². The highest BCUT2D eigenvalue weighted by molar-refractivity contribution is 9.11. The molecule has 3 rings (SSSR count). The Balaban J connectivity index is 1.46. The number of hydrogen-bond acceptors (Lipinski definition) is 4. The standard InChI is InChI=1S/C16H17BrN4O2S/c17-14-7-6-13(24-14)15(22)18-19-16(23)21-10-8-20(9-11-21)12-4-2-1-3-5-12/h1-7H,8-11H2,(H,18,22)(H,19,23). The average molecular weight is 409 g/mol. The van der Waals surface area contributed by atoms with E-state index < -0.39 is 0 Å². The number of thiophene rings is 1. The van der Waals surface area contributed by atoms with Gasteiger partial charge in [0.15, 0.2) is 0 Å². The Kier molecular flexibility index (Phi) is 5.37. The van der Waals surface area contributed by atoms with Crippen LogP contribution in [-0.4, -0.2) is 43.0 Å². The summed E-state index contributed by atoms with van der Waals surface area (Å²) in [7, 11) is 0. The molecule has 3 amide bonds. The van der Waals surface area contributed by atoms with Crippen LogP contribution in [0.4, 0.5) is 10.5 Å². The fourth-order valence-corrected chi connectivity index (χ4v) is 3.78. The van der Waals surface area contributed by atoms with Crippen molar-refractivity contribution >= 4 is 44.9 Å². The second kappa shape index (κ2) is 7.67. The largest absolute Gasteiger partial charge is 0.368 e. The summed E-state index contributed by atoms with van der Waals surface area (Å²) in [5.74, 6) is -0.318. The maximum Gasteiger partial charge on any atom is 0.336 e. The van der Waals surface area contributed by atoms with Gasteiger partial charge in [-0.25, -0.2) is 10.2 Å². The number of nitrogens with one attached hydrogen (secondary N) is 2. The van der Waals surface area contributed by atoms with Gasteiger partial charge < -0.3 is 9.80 Å². The molecule has 0 aliphatic carbocycles. The highest BCUT2D eigenvalue weighted by Crippen LogP contribution is 2.21. The Morgan fingerprint density at radius 2 is 1.67 bits per heavy atom. The predicted molar refractivity (Wildman–Crippen MR) is 98.2 cm³/mol. The number of urea groups is 1. The van der Waals surface area contributed by atoms with Gasteiger partial charge in [0.2, 0.25) is 0 Å². The van der Waals surface area contributed by atoms with Crippen LogP contribution in [0.3, 0.4) is 0 Å². The van der Waals surface area contributed by atoms with Crippen LogP contribution in [0.1, 0.15) is 9.67 Å². The summed E-state index contributed by atoms with van der Waals surface area (Å²) in [5.41, 5.74) is 6.08. The highest BCUT2D eigenvalue weighted by atomic mass is 79.9. The molecule has 6 nitrogen and oxygen atoms in total. The summed E-state index contributed by atoms with van der Waals surface area (Å²) in [5, 5.41) is 0. The molecule has 1 aromatic carbocycles. The minimum atomic E-state index is -0.318. The van der Waals surface area contributed by atoms with Crippen LogP contribution in [0.15, 0.2) is 46.3 Å². The summed E-state index contributed by atoms with van der Waals surface area (Å²) in [6, 6.07) is 13.3. The van der Waals surface area contributed by atoms with Gasteiger partial charge in [-0.3, -0.25) is 10.2 Å². The van der Waals surface area contributed by atoms with Crippen molar-refractivity contribution in [2.45, 2.75) is 0 Å². The maximum absolute atomic E-state index is 12.2. The molecule has 0 atom stereocenters. The molecule has 2 aromatic rings. The third kappa shape index (κ3) is 4.07. The first-order chi connectivity index (χ1) is 11.6. The normalized spacial score (nSPS) is 14.4. The third-order valence-corrected chi connectivity index (χ3v) is 5.39. The number of carbonyl (C=O) groups is 2. The van der Waals surface area contributed by atoms with Gasteiger partial charge in [0.05, 0.1) is 8.66 Å². The number of benzene rings is 1. The molecule has 24 heavy (non-hydrogen) atoms. The van der Waals surface area contributed by atoms with E-state index >= 15 is 0 Å². The summed E-state index contributed by atoms with van der Waals surface area (Å²) >= 11 is 4.62. The number of hydrogen-bond donors (Lipinski definition) is 2. The minimum Gasteiger partial charge on any atom is -0.368 e. The molecule has 2 N–H and O–H groups in total. The predicted octanol–water partition coefficient (Wildman–Crippen LogP) is 2.69. The fraction of sp³-hybridized carbons (Fsp3) is 0.250.